The monoisotopic (exact) mass is 203 g/mol. The second kappa shape index (κ2) is 7.14. The highest BCUT2D eigenvalue weighted by molar-refractivity contribution is 4.77. The van der Waals surface area contributed by atoms with Crippen LogP contribution in [0.5, 0.6) is 0 Å². The summed E-state index contributed by atoms with van der Waals surface area (Å²) >= 11 is 0. The van der Waals surface area contributed by atoms with Crippen LogP contribution in [0.2, 0.25) is 0 Å². The molecule has 0 atom stereocenters. The van der Waals surface area contributed by atoms with Gasteiger partial charge < -0.3 is 4.42 Å². The first-order chi connectivity index (χ1) is 7.39. The van der Waals surface area contributed by atoms with Crippen molar-refractivity contribution in [2.75, 3.05) is 0 Å². The topological polar surface area (TPSA) is 68.9 Å². The number of aromatic nitrogens is 3. The van der Waals surface area contributed by atoms with E-state index in [2.05, 4.69) is 15.0 Å². The summed E-state index contributed by atoms with van der Waals surface area (Å²) in [6.45, 7) is 0. The Balaban J connectivity index is 3.17. The summed E-state index contributed by atoms with van der Waals surface area (Å²) in [5.74, 6) is 0. The van der Waals surface area contributed by atoms with Gasteiger partial charge >= 0.3 is 0 Å². The average molecular weight is 203 g/mol. The third kappa shape index (κ3) is 5.87. The molecular formula is C10H9N3O2. The van der Waals surface area contributed by atoms with E-state index in [1.54, 1.807) is 24.5 Å². The van der Waals surface area contributed by atoms with Crippen molar-refractivity contribution in [1.29, 1.82) is 0 Å². The van der Waals surface area contributed by atoms with E-state index in [0.29, 0.717) is 0 Å². The SMILES string of the molecule is O=c1ccocccncccncn1. The van der Waals surface area contributed by atoms with Gasteiger partial charge in [-0.15, -0.1) is 0 Å². The Morgan fingerprint density at radius 2 is 1.80 bits per heavy atom. The van der Waals surface area contributed by atoms with Gasteiger partial charge in [0.25, 0.3) is 5.56 Å². The maximum Gasteiger partial charge on any atom is 0.274 e. The summed E-state index contributed by atoms with van der Waals surface area (Å²) in [6.07, 6.45) is 8.34. The van der Waals surface area contributed by atoms with Crippen molar-refractivity contribution in [3.63, 3.8) is 0 Å². The van der Waals surface area contributed by atoms with Crippen LogP contribution in [0.25, 0.3) is 0 Å². The van der Waals surface area contributed by atoms with Crippen molar-refractivity contribution in [1.82, 2.24) is 15.0 Å². The first kappa shape index (κ1) is 10.8. The zero-order chi connectivity index (χ0) is 10.8. The molecule has 0 aliphatic rings. The first-order valence-corrected chi connectivity index (χ1v) is 4.15. The molecule has 0 unspecified atom stereocenters. The van der Waals surface area contributed by atoms with E-state index >= 15 is 0 Å². The minimum Gasteiger partial charge on any atom is -0.472 e. The van der Waals surface area contributed by atoms with Crippen LogP contribution >= 0.6 is 0 Å². The van der Waals surface area contributed by atoms with Crippen LogP contribution in [0, 0.1) is 0 Å². The molecule has 15 heavy (non-hydrogen) atoms. The van der Waals surface area contributed by atoms with Crippen LogP contribution < -0.4 is 5.56 Å². The van der Waals surface area contributed by atoms with Crippen molar-refractivity contribution in [3.05, 3.63) is 66.0 Å². The Morgan fingerprint density at radius 3 is 2.73 bits per heavy atom. The molecule has 0 aliphatic heterocycles. The number of hydrogen-bond acceptors (Lipinski definition) is 5. The molecule has 0 radical (unpaired) electrons. The molecule has 0 fully saturated rings. The Bertz CT molecular complexity index is 418. The third-order valence-corrected chi connectivity index (χ3v) is 1.21. The smallest absolute Gasteiger partial charge is 0.274 e. The molecule has 0 amide bonds. The molecule has 5 nitrogen and oxygen atoms in total. The standard InChI is InChI=1S/C10H9N3O2/c14-10-3-8-15-7-2-6-11-4-1-5-12-9-13-10/h1-9H. The van der Waals surface area contributed by atoms with E-state index in [1.807, 2.05) is 0 Å². The lowest BCUT2D eigenvalue weighted by Crippen LogP contribution is -1.97. The van der Waals surface area contributed by atoms with Crippen molar-refractivity contribution in [2.24, 2.45) is 0 Å². The fourth-order valence-electron chi connectivity index (χ4n) is 0.632. The van der Waals surface area contributed by atoms with E-state index in [0.717, 1.165) is 6.33 Å². The minimum absolute atomic E-state index is 0.435. The normalized spacial score (nSPS) is 8.27. The first-order valence-electron chi connectivity index (χ1n) is 4.15. The second-order valence-corrected chi connectivity index (χ2v) is 2.29. The van der Waals surface area contributed by atoms with Gasteiger partial charge in [0.2, 0.25) is 0 Å². The van der Waals surface area contributed by atoms with Gasteiger partial charge in [-0.05, 0) is 12.1 Å². The summed E-state index contributed by atoms with van der Waals surface area (Å²) in [5.41, 5.74) is -0.435. The molecule has 1 heterocycles. The molecule has 0 saturated carbocycles. The van der Waals surface area contributed by atoms with Crippen molar-refractivity contribution >= 4 is 0 Å². The fraction of sp³-hybridized carbons (Fsp3) is 0. The summed E-state index contributed by atoms with van der Waals surface area (Å²) in [6, 6.07) is 4.39. The number of rotatable bonds is 0. The molecule has 0 saturated heterocycles. The van der Waals surface area contributed by atoms with Gasteiger partial charge in [0.05, 0.1) is 12.5 Å². The minimum atomic E-state index is -0.435. The molecular weight excluding hydrogens is 194 g/mol. The lowest BCUT2D eigenvalue weighted by atomic mass is 10.7. The molecule has 76 valence electrons. The summed E-state index contributed by atoms with van der Waals surface area (Å²) in [4.78, 5) is 22.0. The average Bonchev–Trinajstić information content (AvgIpc) is 2.24. The molecule has 0 N–H and O–H groups in total. The van der Waals surface area contributed by atoms with Crippen molar-refractivity contribution in [2.45, 2.75) is 0 Å². The van der Waals surface area contributed by atoms with Gasteiger partial charge in [-0.25, -0.2) is 4.98 Å². The lowest BCUT2D eigenvalue weighted by Gasteiger charge is -1.71. The lowest BCUT2D eigenvalue weighted by molar-refractivity contribution is 0.553. The quantitative estimate of drug-likeness (QED) is 0.630. The third-order valence-electron chi connectivity index (χ3n) is 1.21. The highest BCUT2D eigenvalue weighted by atomic mass is 16.3. The molecule has 0 spiro atoms. The van der Waals surface area contributed by atoms with Gasteiger partial charge in [-0.1, -0.05) is 0 Å². The predicted octanol–water partition coefficient (Wildman–Crippen LogP) is 1.07. The number of nitrogens with zero attached hydrogens (tertiary/aromatic N) is 3. The molecule has 0 aromatic carbocycles. The van der Waals surface area contributed by atoms with Gasteiger partial charge in [0.1, 0.15) is 6.33 Å². The summed E-state index contributed by atoms with van der Waals surface area (Å²) < 4.78 is 4.84. The highest BCUT2D eigenvalue weighted by Crippen LogP contribution is 1.71. The fourth-order valence-corrected chi connectivity index (χ4v) is 0.632. The van der Waals surface area contributed by atoms with Crippen LogP contribution in [0.15, 0.2) is 64.9 Å². The predicted molar refractivity (Wildman–Crippen MR) is 53.6 cm³/mol. The molecule has 0 bridgehead atoms. The van der Waals surface area contributed by atoms with Crippen molar-refractivity contribution in [3.8, 4) is 0 Å². The van der Waals surface area contributed by atoms with E-state index in [4.69, 9.17) is 4.42 Å². The molecule has 5 heteroatoms. The van der Waals surface area contributed by atoms with E-state index < -0.39 is 5.56 Å². The van der Waals surface area contributed by atoms with E-state index in [-0.39, 0.29) is 0 Å². The Labute approximate surface area is 86.1 Å². The van der Waals surface area contributed by atoms with E-state index in [9.17, 15) is 4.79 Å². The molecule has 0 aliphatic carbocycles. The largest absolute Gasteiger partial charge is 0.472 e. The Kier molecular flexibility index (Phi) is 5.13. The Morgan fingerprint density at radius 1 is 1.00 bits per heavy atom. The van der Waals surface area contributed by atoms with Crippen LogP contribution in [0.1, 0.15) is 0 Å². The summed E-state index contributed by atoms with van der Waals surface area (Å²) in [5, 5.41) is 0. The zero-order valence-electron chi connectivity index (χ0n) is 7.85. The van der Waals surface area contributed by atoms with Crippen LogP contribution in [-0.4, -0.2) is 15.0 Å². The van der Waals surface area contributed by atoms with Crippen LogP contribution in [0.4, 0.5) is 0 Å². The molecule has 1 aromatic rings. The summed E-state index contributed by atoms with van der Waals surface area (Å²) in [7, 11) is 0. The van der Waals surface area contributed by atoms with Gasteiger partial charge in [0, 0.05) is 24.7 Å². The van der Waals surface area contributed by atoms with Gasteiger partial charge in [0.15, 0.2) is 0 Å². The highest BCUT2D eigenvalue weighted by Gasteiger charge is 1.70. The maximum absolute atomic E-state index is 10.9. The maximum atomic E-state index is 10.9. The molecule has 1 aromatic heterocycles. The van der Waals surface area contributed by atoms with Crippen LogP contribution in [0.3, 0.4) is 0 Å². The molecule has 1 rings (SSSR count). The van der Waals surface area contributed by atoms with Gasteiger partial charge in [-0.3, -0.25) is 9.78 Å². The Hall–Kier alpha value is -2.30. The van der Waals surface area contributed by atoms with Gasteiger partial charge in [-0.2, -0.15) is 4.98 Å². The van der Waals surface area contributed by atoms with E-state index in [1.165, 1.54) is 24.8 Å². The van der Waals surface area contributed by atoms with Crippen molar-refractivity contribution < 1.29 is 4.42 Å². The zero-order valence-corrected chi connectivity index (χ0v) is 7.85. The van der Waals surface area contributed by atoms with Crippen LogP contribution in [-0.2, 0) is 0 Å². The number of hydrogen-bond donors (Lipinski definition) is 0. The second-order valence-electron chi connectivity index (χ2n) is 2.29.